The van der Waals surface area contributed by atoms with E-state index in [1.54, 1.807) is 19.2 Å². The summed E-state index contributed by atoms with van der Waals surface area (Å²) in [5, 5.41) is 3.82. The number of benzene rings is 3. The minimum Gasteiger partial charge on any atom is -0.496 e. The number of imide groups is 2. The van der Waals surface area contributed by atoms with Crippen LogP contribution in [0.25, 0.3) is 16.8 Å². The molecule has 30 heavy (non-hydrogen) atoms. The number of carbonyl (C=O) groups is 3. The average molecular weight is 404 g/mol. The molecule has 150 valence electrons. The molecule has 0 spiro atoms. The number of nitrogens with one attached hydrogen (secondary N) is 1. The summed E-state index contributed by atoms with van der Waals surface area (Å²) in [5.74, 6) is -1.23. The van der Waals surface area contributed by atoms with Crippen LogP contribution in [-0.4, -0.2) is 29.9 Å². The van der Waals surface area contributed by atoms with Gasteiger partial charge in [-0.15, -0.1) is 0 Å². The Morgan fingerprint density at radius 2 is 1.67 bits per heavy atom. The number of amides is 4. The molecular weight excluding hydrogens is 387 g/mol. The Morgan fingerprint density at radius 1 is 0.967 bits per heavy atom. The van der Waals surface area contributed by atoms with Crippen molar-refractivity contribution in [2.24, 2.45) is 0 Å². The number of halogens is 1. The van der Waals surface area contributed by atoms with Gasteiger partial charge in [-0.25, -0.2) is 9.18 Å². The summed E-state index contributed by atoms with van der Waals surface area (Å²) in [7, 11) is 1.57. The summed E-state index contributed by atoms with van der Waals surface area (Å²) < 4.78 is 18.5. The Kier molecular flexibility index (Phi) is 5.02. The van der Waals surface area contributed by atoms with Crippen molar-refractivity contribution in [2.75, 3.05) is 7.11 Å². The molecule has 1 N–H and O–H groups in total. The van der Waals surface area contributed by atoms with E-state index in [4.69, 9.17) is 4.74 Å². The van der Waals surface area contributed by atoms with E-state index in [0.29, 0.717) is 16.9 Å². The number of rotatable bonds is 4. The zero-order chi connectivity index (χ0) is 21.3. The predicted molar refractivity (Wildman–Crippen MR) is 109 cm³/mol. The third-order valence-corrected chi connectivity index (χ3v) is 4.88. The number of nitrogens with zero attached hydrogens (tertiary/aromatic N) is 1. The van der Waals surface area contributed by atoms with Crippen molar-refractivity contribution in [3.8, 4) is 5.75 Å². The van der Waals surface area contributed by atoms with Crippen LogP contribution in [0.4, 0.5) is 9.18 Å². The van der Waals surface area contributed by atoms with Crippen LogP contribution in [0.2, 0.25) is 0 Å². The quantitative estimate of drug-likeness (QED) is 0.532. The molecule has 0 atom stereocenters. The lowest BCUT2D eigenvalue weighted by atomic mass is 10.00. The molecule has 7 heteroatoms. The molecule has 0 saturated carbocycles. The van der Waals surface area contributed by atoms with Crippen molar-refractivity contribution < 1.29 is 23.5 Å². The summed E-state index contributed by atoms with van der Waals surface area (Å²) in [6.07, 6.45) is 1.46. The van der Waals surface area contributed by atoms with Crippen molar-refractivity contribution in [1.29, 1.82) is 0 Å². The number of hydrogen-bond acceptors (Lipinski definition) is 4. The molecule has 1 aliphatic rings. The highest BCUT2D eigenvalue weighted by molar-refractivity contribution is 6.31. The third-order valence-electron chi connectivity index (χ3n) is 4.88. The van der Waals surface area contributed by atoms with Crippen LogP contribution in [0.5, 0.6) is 5.75 Å². The molecule has 3 aromatic rings. The summed E-state index contributed by atoms with van der Waals surface area (Å²) >= 11 is 0. The minimum atomic E-state index is -0.814. The van der Waals surface area contributed by atoms with Crippen LogP contribution in [0, 0.1) is 5.82 Å². The van der Waals surface area contributed by atoms with Gasteiger partial charge in [0, 0.05) is 5.39 Å². The highest BCUT2D eigenvalue weighted by Gasteiger charge is 2.35. The minimum absolute atomic E-state index is 0.0844. The largest absolute Gasteiger partial charge is 0.496 e. The van der Waals surface area contributed by atoms with Crippen LogP contribution in [0.1, 0.15) is 11.1 Å². The van der Waals surface area contributed by atoms with Crippen molar-refractivity contribution in [2.45, 2.75) is 6.54 Å². The SMILES string of the molecule is COc1ccc(/C=C2\C(=O)NC(=O)N(Cc3ccc(F)cc3)C2=O)c2ccccc12. The van der Waals surface area contributed by atoms with E-state index in [-0.39, 0.29) is 12.1 Å². The Bertz CT molecular complexity index is 1200. The first-order valence-electron chi connectivity index (χ1n) is 9.17. The summed E-state index contributed by atoms with van der Waals surface area (Å²) in [6.45, 7) is -0.0844. The highest BCUT2D eigenvalue weighted by atomic mass is 19.1. The third kappa shape index (κ3) is 3.53. The lowest BCUT2D eigenvalue weighted by molar-refractivity contribution is -0.130. The summed E-state index contributed by atoms with van der Waals surface area (Å²) in [5.41, 5.74) is 1.04. The van der Waals surface area contributed by atoms with E-state index >= 15 is 0 Å². The van der Waals surface area contributed by atoms with Gasteiger partial charge in [-0.2, -0.15) is 0 Å². The Balaban J connectivity index is 1.73. The predicted octanol–water partition coefficient (Wildman–Crippen LogP) is 3.65. The van der Waals surface area contributed by atoms with E-state index in [2.05, 4.69) is 5.32 Å². The zero-order valence-electron chi connectivity index (χ0n) is 16.0. The average Bonchev–Trinajstić information content (AvgIpc) is 2.75. The van der Waals surface area contributed by atoms with Gasteiger partial charge in [0.1, 0.15) is 17.1 Å². The number of ether oxygens (including phenoxy) is 1. The fourth-order valence-corrected chi connectivity index (χ4v) is 3.36. The van der Waals surface area contributed by atoms with Crippen molar-refractivity contribution in [3.05, 3.63) is 83.2 Å². The van der Waals surface area contributed by atoms with Gasteiger partial charge in [0.2, 0.25) is 0 Å². The second kappa shape index (κ2) is 7.79. The number of urea groups is 1. The van der Waals surface area contributed by atoms with Crippen molar-refractivity contribution >= 4 is 34.7 Å². The molecule has 1 fully saturated rings. The molecule has 1 heterocycles. The van der Waals surface area contributed by atoms with Gasteiger partial charge in [0.05, 0.1) is 13.7 Å². The molecular formula is C23H17FN2O4. The van der Waals surface area contributed by atoms with Gasteiger partial charge in [0.25, 0.3) is 11.8 Å². The molecule has 1 saturated heterocycles. The first-order valence-corrected chi connectivity index (χ1v) is 9.17. The standard InChI is InChI=1S/C23H17FN2O4/c1-30-20-11-8-15(17-4-2-3-5-18(17)20)12-19-21(27)25-23(29)26(22(19)28)13-14-6-9-16(24)10-7-14/h2-12H,13H2,1H3,(H,25,27,29)/b19-12+. The lowest BCUT2D eigenvalue weighted by Gasteiger charge is -2.26. The van der Waals surface area contributed by atoms with E-state index in [9.17, 15) is 18.8 Å². The molecule has 3 aromatic carbocycles. The van der Waals surface area contributed by atoms with E-state index in [0.717, 1.165) is 15.7 Å². The number of barbiturate groups is 1. The maximum absolute atomic E-state index is 13.1. The second-order valence-electron chi connectivity index (χ2n) is 6.74. The van der Waals surface area contributed by atoms with Gasteiger partial charge < -0.3 is 4.74 Å². The Morgan fingerprint density at radius 3 is 2.37 bits per heavy atom. The van der Waals surface area contributed by atoms with Crippen LogP contribution in [0.15, 0.2) is 66.2 Å². The topological polar surface area (TPSA) is 75.7 Å². The number of methoxy groups -OCH3 is 1. The van der Waals surface area contributed by atoms with Gasteiger partial charge in [-0.05, 0) is 40.8 Å². The fraction of sp³-hybridized carbons (Fsp3) is 0.0870. The monoisotopic (exact) mass is 404 g/mol. The van der Waals surface area contributed by atoms with Crippen molar-refractivity contribution in [3.63, 3.8) is 0 Å². The van der Waals surface area contributed by atoms with Crippen molar-refractivity contribution in [1.82, 2.24) is 10.2 Å². The maximum Gasteiger partial charge on any atom is 0.331 e. The van der Waals surface area contributed by atoms with E-state index < -0.39 is 23.7 Å². The second-order valence-corrected chi connectivity index (χ2v) is 6.74. The van der Waals surface area contributed by atoms with Crippen LogP contribution in [-0.2, 0) is 16.1 Å². The normalized spacial score (nSPS) is 15.6. The molecule has 0 unspecified atom stereocenters. The van der Waals surface area contributed by atoms with E-state index in [1.807, 2.05) is 24.3 Å². The summed E-state index contributed by atoms with van der Waals surface area (Å²) in [6, 6.07) is 15.6. The van der Waals surface area contributed by atoms with Crippen LogP contribution < -0.4 is 10.1 Å². The van der Waals surface area contributed by atoms with Gasteiger partial charge in [-0.3, -0.25) is 19.8 Å². The molecule has 0 bridgehead atoms. The molecule has 0 radical (unpaired) electrons. The number of carbonyl (C=O) groups excluding carboxylic acids is 3. The van der Waals surface area contributed by atoms with Gasteiger partial charge in [0.15, 0.2) is 0 Å². The molecule has 1 aliphatic heterocycles. The van der Waals surface area contributed by atoms with Gasteiger partial charge >= 0.3 is 6.03 Å². The molecule has 4 rings (SSSR count). The van der Waals surface area contributed by atoms with E-state index in [1.165, 1.54) is 30.3 Å². The number of hydrogen-bond donors (Lipinski definition) is 1. The molecule has 0 aromatic heterocycles. The Labute approximate surface area is 171 Å². The molecule has 6 nitrogen and oxygen atoms in total. The lowest BCUT2D eigenvalue weighted by Crippen LogP contribution is -2.53. The highest BCUT2D eigenvalue weighted by Crippen LogP contribution is 2.30. The smallest absolute Gasteiger partial charge is 0.331 e. The van der Waals surface area contributed by atoms with Crippen LogP contribution in [0.3, 0.4) is 0 Å². The number of fused-ring (bicyclic) bond motifs is 1. The zero-order valence-corrected chi connectivity index (χ0v) is 16.0. The summed E-state index contributed by atoms with van der Waals surface area (Å²) in [4.78, 5) is 38.5. The van der Waals surface area contributed by atoms with Crippen LogP contribution >= 0.6 is 0 Å². The van der Waals surface area contributed by atoms with Gasteiger partial charge in [-0.1, -0.05) is 42.5 Å². The molecule has 4 amide bonds. The maximum atomic E-state index is 13.1. The fourth-order valence-electron chi connectivity index (χ4n) is 3.36. The molecule has 0 aliphatic carbocycles. The first-order chi connectivity index (χ1) is 14.5. The first kappa shape index (κ1) is 19.3. The Hall–Kier alpha value is -4.00.